The number of benzene rings is 2. The van der Waals surface area contributed by atoms with Crippen molar-refractivity contribution in [3.63, 3.8) is 0 Å². The zero-order valence-electron chi connectivity index (χ0n) is 11.9. The van der Waals surface area contributed by atoms with E-state index < -0.39 is 0 Å². The van der Waals surface area contributed by atoms with Crippen molar-refractivity contribution in [2.45, 2.75) is 20.5 Å². The fraction of sp³-hybridized carbons (Fsp3) is 0.222. The van der Waals surface area contributed by atoms with Crippen LogP contribution in [0.1, 0.15) is 22.3 Å². The summed E-state index contributed by atoms with van der Waals surface area (Å²) in [7, 11) is 0. The lowest BCUT2D eigenvalue weighted by molar-refractivity contribution is 0.304. The van der Waals surface area contributed by atoms with Gasteiger partial charge >= 0.3 is 0 Å². The fourth-order valence-electron chi connectivity index (χ4n) is 1.94. The van der Waals surface area contributed by atoms with Gasteiger partial charge in [0.2, 0.25) is 0 Å². The Morgan fingerprint density at radius 2 is 1.90 bits per heavy atom. The smallest absolute Gasteiger partial charge is 0.135 e. The zero-order chi connectivity index (χ0) is 14.4. The van der Waals surface area contributed by atoms with Gasteiger partial charge in [-0.25, -0.2) is 0 Å². The molecule has 2 aromatic carbocycles. The van der Waals surface area contributed by atoms with Gasteiger partial charge in [-0.1, -0.05) is 42.2 Å². The molecule has 20 heavy (non-hydrogen) atoms. The van der Waals surface area contributed by atoms with Crippen LogP contribution < -0.4 is 10.5 Å². The first-order valence-corrected chi connectivity index (χ1v) is 6.67. The summed E-state index contributed by atoms with van der Waals surface area (Å²) in [6, 6.07) is 14.2. The van der Waals surface area contributed by atoms with Gasteiger partial charge in [0.25, 0.3) is 0 Å². The Balaban J connectivity index is 2.19. The summed E-state index contributed by atoms with van der Waals surface area (Å²) in [4.78, 5) is 0. The number of hydrogen-bond donors (Lipinski definition) is 1. The number of aryl methyl sites for hydroxylation is 2. The third kappa shape index (κ3) is 3.63. The number of hydrogen-bond acceptors (Lipinski definition) is 2. The van der Waals surface area contributed by atoms with Crippen molar-refractivity contribution in [1.29, 1.82) is 0 Å². The number of rotatable bonds is 3. The van der Waals surface area contributed by atoms with Crippen molar-refractivity contribution in [1.82, 2.24) is 0 Å². The van der Waals surface area contributed by atoms with Crippen molar-refractivity contribution in [3.05, 3.63) is 64.7 Å². The molecule has 0 amide bonds. The van der Waals surface area contributed by atoms with Gasteiger partial charge in [-0.15, -0.1) is 0 Å². The third-order valence-corrected chi connectivity index (χ3v) is 3.10. The van der Waals surface area contributed by atoms with Gasteiger partial charge in [0.15, 0.2) is 0 Å². The second-order valence-electron chi connectivity index (χ2n) is 4.72. The van der Waals surface area contributed by atoms with Gasteiger partial charge in [0.1, 0.15) is 12.4 Å². The highest BCUT2D eigenvalue weighted by Crippen LogP contribution is 2.21. The lowest BCUT2D eigenvalue weighted by atomic mass is 10.1. The summed E-state index contributed by atoms with van der Waals surface area (Å²) < 4.78 is 5.91. The Hall–Kier alpha value is -2.24. The Kier molecular flexibility index (Phi) is 4.81. The van der Waals surface area contributed by atoms with Crippen molar-refractivity contribution in [2.75, 3.05) is 6.54 Å². The van der Waals surface area contributed by atoms with Crippen LogP contribution in [0.15, 0.2) is 42.5 Å². The Bertz CT molecular complexity index is 650. The lowest BCUT2D eigenvalue weighted by Gasteiger charge is -2.10. The van der Waals surface area contributed by atoms with Crippen molar-refractivity contribution in [2.24, 2.45) is 5.73 Å². The molecule has 0 radical (unpaired) electrons. The van der Waals surface area contributed by atoms with Crippen molar-refractivity contribution < 1.29 is 4.74 Å². The minimum atomic E-state index is 0.352. The van der Waals surface area contributed by atoms with Crippen molar-refractivity contribution in [3.8, 4) is 17.6 Å². The summed E-state index contributed by atoms with van der Waals surface area (Å²) in [5, 5.41) is 0. The van der Waals surface area contributed by atoms with Crippen LogP contribution in [0.3, 0.4) is 0 Å². The molecular weight excluding hydrogens is 246 g/mol. The Morgan fingerprint density at radius 3 is 2.65 bits per heavy atom. The van der Waals surface area contributed by atoms with E-state index in [9.17, 15) is 0 Å². The molecule has 2 heteroatoms. The minimum absolute atomic E-state index is 0.352. The first-order chi connectivity index (χ1) is 9.70. The summed E-state index contributed by atoms with van der Waals surface area (Å²) in [6.45, 7) is 5.03. The molecule has 0 atom stereocenters. The highest BCUT2D eigenvalue weighted by Gasteiger charge is 2.03. The van der Waals surface area contributed by atoms with Crippen molar-refractivity contribution >= 4 is 0 Å². The largest absolute Gasteiger partial charge is 0.488 e. The molecule has 2 rings (SSSR count). The molecule has 0 unspecified atom stereocenters. The predicted octanol–water partition coefficient (Wildman–Crippen LogP) is 3.19. The second kappa shape index (κ2) is 6.79. The molecule has 0 fully saturated rings. The van der Waals surface area contributed by atoms with Crippen LogP contribution in [0.4, 0.5) is 0 Å². The molecular formula is C18H19NO. The van der Waals surface area contributed by atoms with Gasteiger partial charge in [0, 0.05) is 0 Å². The van der Waals surface area contributed by atoms with E-state index in [2.05, 4.69) is 30.9 Å². The topological polar surface area (TPSA) is 35.2 Å². The van der Waals surface area contributed by atoms with Crippen LogP contribution in [-0.2, 0) is 6.61 Å². The molecule has 0 saturated heterocycles. The zero-order valence-corrected chi connectivity index (χ0v) is 11.9. The van der Waals surface area contributed by atoms with Crippen LogP contribution in [0.2, 0.25) is 0 Å². The van der Waals surface area contributed by atoms with Gasteiger partial charge in [-0.2, -0.15) is 0 Å². The van der Waals surface area contributed by atoms with E-state index in [-0.39, 0.29) is 0 Å². The van der Waals surface area contributed by atoms with E-state index >= 15 is 0 Å². The molecule has 0 aliphatic carbocycles. The lowest BCUT2D eigenvalue weighted by Crippen LogP contribution is -2.00. The summed E-state index contributed by atoms with van der Waals surface area (Å²) in [5.74, 6) is 6.75. The van der Waals surface area contributed by atoms with Crippen LogP contribution in [0.25, 0.3) is 0 Å². The molecule has 0 aromatic heterocycles. The van der Waals surface area contributed by atoms with E-state index in [4.69, 9.17) is 10.5 Å². The monoisotopic (exact) mass is 265 g/mol. The van der Waals surface area contributed by atoms with E-state index in [0.717, 1.165) is 16.9 Å². The maximum atomic E-state index is 5.91. The molecule has 102 valence electrons. The quantitative estimate of drug-likeness (QED) is 0.865. The molecule has 0 saturated carbocycles. The standard InChI is InChI=1S/C18H19NO/c1-14-9-10-18(16(12-14)8-5-11-19)20-13-17-7-4-3-6-15(17)2/h3-4,6-7,9-10,12H,11,13,19H2,1-2H3. The van der Waals surface area contributed by atoms with E-state index in [1.165, 1.54) is 11.1 Å². The van der Waals surface area contributed by atoms with Crippen LogP contribution >= 0.6 is 0 Å². The number of ether oxygens (including phenoxy) is 1. The van der Waals surface area contributed by atoms with Gasteiger partial charge < -0.3 is 10.5 Å². The van der Waals surface area contributed by atoms with E-state index in [1.54, 1.807) is 0 Å². The summed E-state index contributed by atoms with van der Waals surface area (Å²) >= 11 is 0. The van der Waals surface area contributed by atoms with E-state index in [1.807, 2.05) is 37.3 Å². The Labute approximate surface area is 120 Å². The Morgan fingerprint density at radius 1 is 1.10 bits per heavy atom. The first kappa shape index (κ1) is 14.2. The highest BCUT2D eigenvalue weighted by molar-refractivity contribution is 5.48. The second-order valence-corrected chi connectivity index (χ2v) is 4.72. The van der Waals surface area contributed by atoms with Crippen LogP contribution in [0.5, 0.6) is 5.75 Å². The first-order valence-electron chi connectivity index (χ1n) is 6.67. The maximum absolute atomic E-state index is 5.91. The van der Waals surface area contributed by atoms with E-state index in [0.29, 0.717) is 13.2 Å². The average molecular weight is 265 g/mol. The SMILES string of the molecule is Cc1ccc(OCc2ccccc2C)c(C#CCN)c1. The summed E-state index contributed by atoms with van der Waals surface area (Å²) in [5.41, 5.74) is 9.91. The average Bonchev–Trinajstić information content (AvgIpc) is 2.45. The van der Waals surface area contributed by atoms with Gasteiger partial charge in [0.05, 0.1) is 12.1 Å². The highest BCUT2D eigenvalue weighted by atomic mass is 16.5. The fourth-order valence-corrected chi connectivity index (χ4v) is 1.94. The maximum Gasteiger partial charge on any atom is 0.135 e. The normalized spacial score (nSPS) is 9.75. The molecule has 0 bridgehead atoms. The van der Waals surface area contributed by atoms with Crippen LogP contribution in [0, 0.1) is 25.7 Å². The van der Waals surface area contributed by atoms with Gasteiger partial charge in [-0.3, -0.25) is 0 Å². The minimum Gasteiger partial charge on any atom is -0.488 e. The molecule has 2 N–H and O–H groups in total. The van der Waals surface area contributed by atoms with Gasteiger partial charge in [-0.05, 0) is 42.7 Å². The molecule has 2 aromatic rings. The molecule has 0 aliphatic rings. The molecule has 0 aliphatic heterocycles. The number of nitrogens with two attached hydrogens (primary N) is 1. The third-order valence-electron chi connectivity index (χ3n) is 3.10. The molecule has 0 heterocycles. The predicted molar refractivity (Wildman–Crippen MR) is 82.6 cm³/mol. The molecule has 2 nitrogen and oxygen atoms in total. The molecule has 0 spiro atoms. The van der Waals surface area contributed by atoms with Crippen LogP contribution in [-0.4, -0.2) is 6.54 Å². The summed E-state index contributed by atoms with van der Waals surface area (Å²) in [6.07, 6.45) is 0.